The second-order valence-electron chi connectivity index (χ2n) is 5.45. The molecule has 1 atom stereocenters. The second kappa shape index (κ2) is 6.15. The third kappa shape index (κ3) is 2.67. The van der Waals surface area contributed by atoms with Gasteiger partial charge in [0.25, 0.3) is 5.91 Å². The minimum Gasteiger partial charge on any atom is -0.350 e. The number of aryl methyl sites for hydroxylation is 1. The molecule has 0 bridgehead atoms. The molecule has 114 valence electrons. The number of hydrazone groups is 1. The Balaban J connectivity index is 1.94. The van der Waals surface area contributed by atoms with E-state index in [2.05, 4.69) is 10.4 Å². The first kappa shape index (κ1) is 14.5. The third-order valence-electron chi connectivity index (χ3n) is 3.92. The number of carbonyl (C=O) groups is 1. The van der Waals surface area contributed by atoms with Crippen LogP contribution >= 0.6 is 0 Å². The van der Waals surface area contributed by atoms with E-state index in [0.29, 0.717) is 0 Å². The van der Waals surface area contributed by atoms with Crippen LogP contribution in [0.4, 0.5) is 0 Å². The topological polar surface area (TPSA) is 49.6 Å². The summed E-state index contributed by atoms with van der Waals surface area (Å²) in [4.78, 5) is 12.4. The highest BCUT2D eigenvalue weighted by atomic mass is 16.2. The van der Waals surface area contributed by atoms with Gasteiger partial charge in [-0.15, -0.1) is 0 Å². The van der Waals surface area contributed by atoms with Crippen LogP contribution in [0.5, 0.6) is 0 Å². The Kier molecular flexibility index (Phi) is 4.06. The van der Waals surface area contributed by atoms with Crippen molar-refractivity contribution < 1.29 is 4.79 Å². The van der Waals surface area contributed by atoms with Crippen LogP contribution < -0.4 is 5.32 Å². The quantitative estimate of drug-likeness (QED) is 0.937. The zero-order valence-corrected chi connectivity index (χ0v) is 12.9. The Labute approximate surface area is 130 Å². The summed E-state index contributed by atoms with van der Waals surface area (Å²) in [6.07, 6.45) is 2.73. The summed E-state index contributed by atoms with van der Waals surface area (Å²) in [6, 6.07) is 14.1. The normalized spacial score (nSPS) is 17.6. The van der Waals surface area contributed by atoms with Crippen LogP contribution in [-0.2, 0) is 11.8 Å². The number of hydrogen-bond acceptors (Lipinski definition) is 3. The molecule has 0 aliphatic carbocycles. The third-order valence-corrected chi connectivity index (χ3v) is 3.92. The molecule has 2 aromatic rings. The highest BCUT2D eigenvalue weighted by Crippen LogP contribution is 2.32. The molecule has 2 heterocycles. The summed E-state index contributed by atoms with van der Waals surface area (Å²) in [5.41, 5.74) is 3.12. The number of rotatable bonds is 4. The van der Waals surface area contributed by atoms with Gasteiger partial charge in [0.15, 0.2) is 0 Å². The SMILES string of the molecule is CNCC(=O)N1N=C(c2cccn2C)CC1c1ccccc1. The van der Waals surface area contributed by atoms with Gasteiger partial charge >= 0.3 is 0 Å². The number of nitrogens with one attached hydrogen (secondary N) is 1. The highest BCUT2D eigenvalue weighted by Gasteiger charge is 2.33. The zero-order valence-electron chi connectivity index (χ0n) is 12.9. The maximum Gasteiger partial charge on any atom is 0.257 e. The first-order valence-electron chi connectivity index (χ1n) is 7.41. The maximum absolute atomic E-state index is 12.4. The van der Waals surface area contributed by atoms with Gasteiger partial charge in [-0.3, -0.25) is 4.79 Å². The molecule has 0 saturated heterocycles. The molecule has 0 spiro atoms. The molecule has 5 nitrogen and oxygen atoms in total. The van der Waals surface area contributed by atoms with Crippen molar-refractivity contribution in [2.24, 2.45) is 12.1 Å². The largest absolute Gasteiger partial charge is 0.350 e. The van der Waals surface area contributed by atoms with Gasteiger partial charge in [0.05, 0.1) is 24.0 Å². The summed E-state index contributed by atoms with van der Waals surface area (Å²) in [5.74, 6) is -0.0134. The molecule has 22 heavy (non-hydrogen) atoms. The minimum atomic E-state index is -0.0352. The summed E-state index contributed by atoms with van der Waals surface area (Å²) in [5, 5.41) is 9.14. The van der Waals surface area contributed by atoms with Crippen LogP contribution in [0.3, 0.4) is 0 Å². The van der Waals surface area contributed by atoms with Crippen molar-refractivity contribution in [3.8, 4) is 0 Å². The first-order valence-corrected chi connectivity index (χ1v) is 7.41. The van der Waals surface area contributed by atoms with Crippen LogP contribution in [0.15, 0.2) is 53.8 Å². The molecule has 5 heteroatoms. The first-order chi connectivity index (χ1) is 10.7. The van der Waals surface area contributed by atoms with E-state index < -0.39 is 0 Å². The molecule has 3 rings (SSSR count). The van der Waals surface area contributed by atoms with E-state index in [1.54, 1.807) is 12.1 Å². The predicted molar refractivity (Wildman–Crippen MR) is 86.5 cm³/mol. The number of benzene rings is 1. The van der Waals surface area contributed by atoms with Gasteiger partial charge in [-0.2, -0.15) is 5.10 Å². The van der Waals surface area contributed by atoms with Gasteiger partial charge in [-0.05, 0) is 24.7 Å². The molecular weight excluding hydrogens is 276 g/mol. The van der Waals surface area contributed by atoms with Gasteiger partial charge in [0.1, 0.15) is 0 Å². The Morgan fingerprint density at radius 2 is 2.05 bits per heavy atom. The van der Waals surface area contributed by atoms with Crippen molar-refractivity contribution in [1.82, 2.24) is 14.9 Å². The molecule has 0 fully saturated rings. The molecular formula is C17H20N4O. The molecule has 1 aromatic carbocycles. The summed E-state index contributed by atoms with van der Waals surface area (Å²) in [6.45, 7) is 0.285. The van der Waals surface area contributed by atoms with Gasteiger partial charge < -0.3 is 9.88 Å². The Morgan fingerprint density at radius 1 is 1.27 bits per heavy atom. The van der Waals surface area contributed by atoms with E-state index in [4.69, 9.17) is 0 Å². The summed E-state index contributed by atoms with van der Waals surface area (Å²) >= 11 is 0. The summed E-state index contributed by atoms with van der Waals surface area (Å²) < 4.78 is 2.03. The van der Waals surface area contributed by atoms with E-state index >= 15 is 0 Å². The van der Waals surface area contributed by atoms with E-state index in [9.17, 15) is 4.79 Å². The average molecular weight is 296 g/mol. The fraction of sp³-hybridized carbons (Fsp3) is 0.294. The van der Waals surface area contributed by atoms with Crippen molar-refractivity contribution in [2.45, 2.75) is 12.5 Å². The van der Waals surface area contributed by atoms with Crippen LogP contribution in [-0.4, -0.2) is 34.8 Å². The Morgan fingerprint density at radius 3 is 2.68 bits per heavy atom. The van der Waals surface area contributed by atoms with E-state index in [0.717, 1.165) is 23.4 Å². The predicted octanol–water partition coefficient (Wildman–Crippen LogP) is 1.92. The standard InChI is InChI=1S/C17H20N4O/c1-18-12-17(22)21-16(13-7-4-3-5-8-13)11-14(19-21)15-9-6-10-20(15)2/h3-10,16,18H,11-12H2,1-2H3. The number of aromatic nitrogens is 1. The lowest BCUT2D eigenvalue weighted by molar-refractivity contribution is -0.131. The fourth-order valence-corrected chi connectivity index (χ4v) is 2.82. The lowest BCUT2D eigenvalue weighted by atomic mass is 10.0. The average Bonchev–Trinajstić information content (AvgIpc) is 3.14. The second-order valence-corrected chi connectivity index (χ2v) is 5.45. The fourth-order valence-electron chi connectivity index (χ4n) is 2.82. The van der Waals surface area contributed by atoms with Crippen LogP contribution in [0, 0.1) is 0 Å². The highest BCUT2D eigenvalue weighted by molar-refractivity contribution is 6.02. The molecule has 1 aliphatic rings. The van der Waals surface area contributed by atoms with Crippen molar-refractivity contribution in [1.29, 1.82) is 0 Å². The van der Waals surface area contributed by atoms with Crippen molar-refractivity contribution in [2.75, 3.05) is 13.6 Å². The van der Waals surface area contributed by atoms with Crippen molar-refractivity contribution in [3.63, 3.8) is 0 Å². The molecule has 0 radical (unpaired) electrons. The van der Waals surface area contributed by atoms with Crippen LogP contribution in [0.1, 0.15) is 23.7 Å². The van der Waals surface area contributed by atoms with Gasteiger partial charge in [0.2, 0.25) is 0 Å². The molecule has 1 unspecified atom stereocenters. The number of hydrogen-bond donors (Lipinski definition) is 1. The monoisotopic (exact) mass is 296 g/mol. The van der Waals surface area contributed by atoms with Crippen molar-refractivity contribution in [3.05, 3.63) is 59.9 Å². The van der Waals surface area contributed by atoms with E-state index in [1.165, 1.54) is 0 Å². The van der Waals surface area contributed by atoms with Gasteiger partial charge in [-0.1, -0.05) is 30.3 Å². The smallest absolute Gasteiger partial charge is 0.257 e. The van der Waals surface area contributed by atoms with E-state index in [1.807, 2.05) is 60.3 Å². The molecule has 1 N–H and O–H groups in total. The molecule has 1 amide bonds. The molecule has 1 aromatic heterocycles. The van der Waals surface area contributed by atoms with Gasteiger partial charge in [-0.25, -0.2) is 5.01 Å². The Hall–Kier alpha value is -2.40. The number of nitrogens with zero attached hydrogens (tertiary/aromatic N) is 3. The maximum atomic E-state index is 12.4. The molecule has 0 saturated carbocycles. The zero-order chi connectivity index (χ0) is 15.5. The number of carbonyl (C=O) groups excluding carboxylic acids is 1. The lowest BCUT2D eigenvalue weighted by Gasteiger charge is -2.21. The van der Waals surface area contributed by atoms with Crippen LogP contribution in [0.2, 0.25) is 0 Å². The number of amides is 1. The Bertz CT molecular complexity index is 690. The van der Waals surface area contributed by atoms with E-state index in [-0.39, 0.29) is 18.5 Å². The summed E-state index contributed by atoms with van der Waals surface area (Å²) in [7, 11) is 3.76. The molecule has 1 aliphatic heterocycles. The lowest BCUT2D eigenvalue weighted by Crippen LogP contribution is -2.34. The minimum absolute atomic E-state index is 0.0134. The number of likely N-dealkylation sites (N-methyl/N-ethyl adjacent to an activating group) is 1. The van der Waals surface area contributed by atoms with Gasteiger partial charge in [0, 0.05) is 19.7 Å². The van der Waals surface area contributed by atoms with Crippen LogP contribution in [0.25, 0.3) is 0 Å². The van der Waals surface area contributed by atoms with Crippen molar-refractivity contribution >= 4 is 11.6 Å².